The van der Waals surface area contributed by atoms with E-state index in [0.717, 1.165) is 0 Å². The number of nitro benzene ring substituents is 1. The molecule has 0 saturated carbocycles. The van der Waals surface area contributed by atoms with Crippen LogP contribution in [0.2, 0.25) is 0 Å². The fraction of sp³-hybridized carbons (Fsp3) is 0.417. The van der Waals surface area contributed by atoms with E-state index in [1.807, 2.05) is 11.8 Å². The summed E-state index contributed by atoms with van der Waals surface area (Å²) in [4.78, 5) is 23.2. The van der Waals surface area contributed by atoms with E-state index >= 15 is 0 Å². The van der Waals surface area contributed by atoms with Crippen molar-refractivity contribution in [2.75, 3.05) is 19.7 Å². The van der Waals surface area contributed by atoms with Crippen molar-refractivity contribution in [3.05, 3.63) is 39.4 Å². The summed E-state index contributed by atoms with van der Waals surface area (Å²) >= 11 is 0. The lowest BCUT2D eigenvalue weighted by molar-refractivity contribution is -0.385. The number of rotatable bonds is 7. The molecule has 0 aliphatic carbocycles. The van der Waals surface area contributed by atoms with E-state index in [1.165, 1.54) is 12.1 Å². The number of nitro groups is 1. The van der Waals surface area contributed by atoms with E-state index in [1.54, 1.807) is 6.07 Å². The van der Waals surface area contributed by atoms with Gasteiger partial charge in [0.25, 0.3) is 5.69 Å². The molecule has 0 amide bonds. The number of hydrogen-bond donors (Lipinski definition) is 2. The molecule has 0 aliphatic rings. The van der Waals surface area contributed by atoms with E-state index < -0.39 is 16.6 Å². The van der Waals surface area contributed by atoms with Crippen LogP contribution in [0.1, 0.15) is 22.8 Å². The number of aliphatic hydroxyl groups is 1. The number of carbonyl (C=O) groups is 1. The molecule has 0 heterocycles. The minimum Gasteiger partial charge on any atom is -0.477 e. The molecule has 0 aromatic heterocycles. The normalized spacial score (nSPS) is 10.7. The van der Waals surface area contributed by atoms with Crippen molar-refractivity contribution in [2.45, 2.75) is 13.5 Å². The second-order valence-corrected chi connectivity index (χ2v) is 3.97. The standard InChI is InChI=1S/C12H16N2O5/c1-2-13(6-7-15)8-9-4-3-5-10(14(18)19)11(9)12(16)17/h3-5,15H,2,6-8H2,1H3,(H,16,17). The van der Waals surface area contributed by atoms with Crippen LogP contribution in [0.3, 0.4) is 0 Å². The zero-order chi connectivity index (χ0) is 14.4. The molecule has 0 spiro atoms. The van der Waals surface area contributed by atoms with Crippen molar-refractivity contribution < 1.29 is 19.9 Å². The average molecular weight is 268 g/mol. The molecule has 1 aromatic rings. The maximum absolute atomic E-state index is 11.2. The van der Waals surface area contributed by atoms with E-state index in [0.29, 0.717) is 18.7 Å². The zero-order valence-electron chi connectivity index (χ0n) is 10.6. The Morgan fingerprint density at radius 1 is 1.47 bits per heavy atom. The van der Waals surface area contributed by atoms with Crippen LogP contribution >= 0.6 is 0 Å². The summed E-state index contributed by atoms with van der Waals surface area (Å²) in [5.41, 5.74) is -0.328. The topological polar surface area (TPSA) is 104 Å². The van der Waals surface area contributed by atoms with Crippen LogP contribution in [0.25, 0.3) is 0 Å². The predicted octanol–water partition coefficient (Wildman–Crippen LogP) is 1.11. The molecule has 0 fully saturated rings. The predicted molar refractivity (Wildman–Crippen MR) is 68.1 cm³/mol. The van der Waals surface area contributed by atoms with E-state index in [-0.39, 0.29) is 18.7 Å². The second kappa shape index (κ2) is 6.81. The Labute approximate surface area is 110 Å². The van der Waals surface area contributed by atoms with E-state index in [9.17, 15) is 14.9 Å². The van der Waals surface area contributed by atoms with Gasteiger partial charge in [0.2, 0.25) is 0 Å². The smallest absolute Gasteiger partial charge is 0.343 e. The van der Waals surface area contributed by atoms with Gasteiger partial charge in [-0.1, -0.05) is 19.1 Å². The highest BCUT2D eigenvalue weighted by molar-refractivity contribution is 5.94. The van der Waals surface area contributed by atoms with Crippen LogP contribution in [0.4, 0.5) is 5.69 Å². The first-order valence-electron chi connectivity index (χ1n) is 5.84. The SMILES string of the molecule is CCN(CCO)Cc1cccc([N+](=O)[O-])c1C(=O)O. The number of carboxylic acids is 1. The summed E-state index contributed by atoms with van der Waals surface area (Å²) in [6.45, 7) is 3.07. The molecule has 19 heavy (non-hydrogen) atoms. The molecule has 1 rings (SSSR count). The van der Waals surface area contributed by atoms with Crippen LogP contribution in [-0.4, -0.2) is 45.7 Å². The Balaban J connectivity index is 3.16. The highest BCUT2D eigenvalue weighted by atomic mass is 16.6. The number of nitrogens with zero attached hydrogens (tertiary/aromatic N) is 2. The van der Waals surface area contributed by atoms with Gasteiger partial charge < -0.3 is 10.2 Å². The number of likely N-dealkylation sites (N-methyl/N-ethyl adjacent to an activating group) is 1. The van der Waals surface area contributed by atoms with Crippen molar-refractivity contribution in [2.24, 2.45) is 0 Å². The first-order chi connectivity index (χ1) is 9.01. The van der Waals surface area contributed by atoms with Gasteiger partial charge in [-0.25, -0.2) is 4.79 Å². The number of aliphatic hydroxyl groups excluding tert-OH is 1. The van der Waals surface area contributed by atoms with Crippen molar-refractivity contribution in [1.82, 2.24) is 4.90 Å². The van der Waals surface area contributed by atoms with Gasteiger partial charge in [0.05, 0.1) is 11.5 Å². The molecule has 0 atom stereocenters. The van der Waals surface area contributed by atoms with Gasteiger partial charge in [0.1, 0.15) is 5.56 Å². The van der Waals surface area contributed by atoms with Gasteiger partial charge in [-0.3, -0.25) is 15.0 Å². The van der Waals surface area contributed by atoms with Gasteiger partial charge in [-0.05, 0) is 12.1 Å². The number of hydrogen-bond acceptors (Lipinski definition) is 5. The fourth-order valence-corrected chi connectivity index (χ4v) is 1.85. The molecule has 1 aromatic carbocycles. The molecule has 0 bridgehead atoms. The molecule has 7 nitrogen and oxygen atoms in total. The molecule has 2 N–H and O–H groups in total. The molecule has 0 aliphatic heterocycles. The lowest BCUT2D eigenvalue weighted by Gasteiger charge is -2.20. The van der Waals surface area contributed by atoms with Crippen LogP contribution in [0.5, 0.6) is 0 Å². The molecular weight excluding hydrogens is 252 g/mol. The van der Waals surface area contributed by atoms with Crippen molar-refractivity contribution in [3.8, 4) is 0 Å². The lowest BCUT2D eigenvalue weighted by atomic mass is 10.0. The van der Waals surface area contributed by atoms with E-state index in [4.69, 9.17) is 10.2 Å². The quantitative estimate of drug-likeness (QED) is 0.567. The van der Waals surface area contributed by atoms with Crippen molar-refractivity contribution >= 4 is 11.7 Å². The Morgan fingerprint density at radius 3 is 2.63 bits per heavy atom. The van der Waals surface area contributed by atoms with E-state index in [2.05, 4.69) is 0 Å². The third-order valence-corrected chi connectivity index (χ3v) is 2.80. The van der Waals surface area contributed by atoms with Crippen LogP contribution < -0.4 is 0 Å². The Morgan fingerprint density at radius 2 is 2.16 bits per heavy atom. The second-order valence-electron chi connectivity index (χ2n) is 3.97. The average Bonchev–Trinajstić information content (AvgIpc) is 2.37. The summed E-state index contributed by atoms with van der Waals surface area (Å²) < 4.78 is 0. The summed E-state index contributed by atoms with van der Waals surface area (Å²) in [5.74, 6) is -1.32. The van der Waals surface area contributed by atoms with Gasteiger partial charge in [-0.15, -0.1) is 0 Å². The van der Waals surface area contributed by atoms with Crippen molar-refractivity contribution in [3.63, 3.8) is 0 Å². The van der Waals surface area contributed by atoms with Gasteiger partial charge in [0, 0.05) is 19.2 Å². The minimum absolute atomic E-state index is 0.0504. The zero-order valence-corrected chi connectivity index (χ0v) is 10.6. The van der Waals surface area contributed by atoms with Gasteiger partial charge in [0.15, 0.2) is 0 Å². The number of benzene rings is 1. The molecule has 0 radical (unpaired) electrons. The van der Waals surface area contributed by atoms with Crippen LogP contribution in [0.15, 0.2) is 18.2 Å². The highest BCUT2D eigenvalue weighted by Gasteiger charge is 2.23. The van der Waals surface area contributed by atoms with Crippen LogP contribution in [0, 0.1) is 10.1 Å². The van der Waals surface area contributed by atoms with Gasteiger partial charge in [-0.2, -0.15) is 0 Å². The first-order valence-corrected chi connectivity index (χ1v) is 5.84. The molecule has 7 heteroatoms. The van der Waals surface area contributed by atoms with Crippen molar-refractivity contribution in [1.29, 1.82) is 0 Å². The first kappa shape index (κ1) is 15.1. The third kappa shape index (κ3) is 3.73. The summed E-state index contributed by atoms with van der Waals surface area (Å²) in [6, 6.07) is 4.19. The maximum Gasteiger partial charge on any atom is 0.343 e. The molecule has 0 saturated heterocycles. The fourth-order valence-electron chi connectivity index (χ4n) is 1.85. The Hall–Kier alpha value is -1.99. The monoisotopic (exact) mass is 268 g/mol. The maximum atomic E-state index is 11.2. The molecule has 104 valence electrons. The highest BCUT2D eigenvalue weighted by Crippen LogP contribution is 2.23. The number of carboxylic acid groups (broad SMARTS) is 1. The Kier molecular flexibility index (Phi) is 5.40. The van der Waals surface area contributed by atoms with Gasteiger partial charge >= 0.3 is 5.97 Å². The molecule has 0 unspecified atom stereocenters. The lowest BCUT2D eigenvalue weighted by Crippen LogP contribution is -2.27. The summed E-state index contributed by atoms with van der Waals surface area (Å²) in [7, 11) is 0. The largest absolute Gasteiger partial charge is 0.477 e. The Bertz CT molecular complexity index is 475. The minimum atomic E-state index is -1.32. The summed E-state index contributed by atoms with van der Waals surface area (Å²) in [5, 5.41) is 28.9. The van der Waals surface area contributed by atoms with Crippen LogP contribution in [-0.2, 0) is 6.54 Å². The summed E-state index contributed by atoms with van der Waals surface area (Å²) in [6.07, 6.45) is 0. The third-order valence-electron chi connectivity index (χ3n) is 2.80. The molecular formula is C12H16N2O5. The number of aromatic carboxylic acids is 1.